The number of hydrogen-bond acceptors (Lipinski definition) is 2. The van der Waals surface area contributed by atoms with Gasteiger partial charge in [0.25, 0.3) is 0 Å². The van der Waals surface area contributed by atoms with Crippen molar-refractivity contribution >= 4 is 0 Å². The minimum atomic E-state index is -0.225. The fourth-order valence-electron chi connectivity index (χ4n) is 2.28. The zero-order valence-electron chi connectivity index (χ0n) is 9.36. The summed E-state index contributed by atoms with van der Waals surface area (Å²) in [6, 6.07) is 10.5. The van der Waals surface area contributed by atoms with Gasteiger partial charge < -0.3 is 5.73 Å². The number of benzene rings is 1. The van der Waals surface area contributed by atoms with Crippen molar-refractivity contribution < 1.29 is 4.39 Å². The molecule has 1 atom stereocenters. The number of aryl methyl sites for hydroxylation is 1. The van der Waals surface area contributed by atoms with E-state index < -0.39 is 0 Å². The van der Waals surface area contributed by atoms with Crippen LogP contribution in [0.5, 0.6) is 0 Å². The monoisotopic (exact) mass is 228 g/mol. The summed E-state index contributed by atoms with van der Waals surface area (Å²) in [5.74, 6) is -0.225. The highest BCUT2D eigenvalue weighted by Gasteiger charge is 2.20. The summed E-state index contributed by atoms with van der Waals surface area (Å²) in [5.41, 5.74) is 10.0. The molecule has 3 rings (SSSR count). The molecule has 1 aromatic carbocycles. The van der Waals surface area contributed by atoms with Gasteiger partial charge in [0, 0.05) is 17.3 Å². The van der Waals surface area contributed by atoms with Crippen LogP contribution in [0.2, 0.25) is 0 Å². The van der Waals surface area contributed by atoms with Gasteiger partial charge in [-0.15, -0.1) is 0 Å². The molecule has 0 fully saturated rings. The summed E-state index contributed by atoms with van der Waals surface area (Å²) in [4.78, 5) is 4.60. The minimum Gasteiger partial charge on any atom is -0.324 e. The van der Waals surface area contributed by atoms with E-state index in [1.807, 2.05) is 12.1 Å². The first kappa shape index (κ1) is 10.4. The van der Waals surface area contributed by atoms with Gasteiger partial charge in [-0.05, 0) is 48.7 Å². The van der Waals surface area contributed by atoms with E-state index in [0.29, 0.717) is 0 Å². The predicted molar refractivity (Wildman–Crippen MR) is 64.9 cm³/mol. The Bertz CT molecular complexity index is 549. The van der Waals surface area contributed by atoms with Crippen LogP contribution in [0.15, 0.2) is 36.4 Å². The van der Waals surface area contributed by atoms with Gasteiger partial charge in [0.2, 0.25) is 0 Å². The molecule has 86 valence electrons. The molecule has 2 aromatic rings. The number of pyridine rings is 1. The number of halogens is 1. The number of aromatic nitrogens is 1. The first-order chi connectivity index (χ1) is 8.24. The Kier molecular flexibility index (Phi) is 2.41. The molecule has 0 saturated heterocycles. The van der Waals surface area contributed by atoms with E-state index in [9.17, 15) is 4.39 Å². The molecule has 2 nitrogen and oxygen atoms in total. The van der Waals surface area contributed by atoms with Crippen LogP contribution in [0.1, 0.15) is 23.7 Å². The summed E-state index contributed by atoms with van der Waals surface area (Å²) < 4.78 is 12.8. The number of nitrogens with two attached hydrogens (primary N) is 1. The van der Waals surface area contributed by atoms with Gasteiger partial charge in [-0.2, -0.15) is 0 Å². The largest absolute Gasteiger partial charge is 0.324 e. The molecule has 1 aliphatic rings. The third-order valence-electron chi connectivity index (χ3n) is 3.24. The zero-order chi connectivity index (χ0) is 11.8. The second-order valence-electron chi connectivity index (χ2n) is 4.38. The van der Waals surface area contributed by atoms with Crippen LogP contribution in [-0.4, -0.2) is 4.98 Å². The van der Waals surface area contributed by atoms with Crippen LogP contribution in [0, 0.1) is 5.82 Å². The lowest BCUT2D eigenvalue weighted by Crippen LogP contribution is -2.05. The highest BCUT2D eigenvalue weighted by atomic mass is 19.1. The van der Waals surface area contributed by atoms with Gasteiger partial charge in [0.15, 0.2) is 0 Å². The summed E-state index contributed by atoms with van der Waals surface area (Å²) in [5, 5.41) is 0. The van der Waals surface area contributed by atoms with Crippen molar-refractivity contribution in [2.75, 3.05) is 0 Å². The maximum absolute atomic E-state index is 12.8. The molecule has 0 radical (unpaired) electrons. The Morgan fingerprint density at radius 3 is 2.65 bits per heavy atom. The van der Waals surface area contributed by atoms with Gasteiger partial charge in [-0.25, -0.2) is 4.39 Å². The Labute approximate surface area is 99.3 Å². The third-order valence-corrected chi connectivity index (χ3v) is 3.24. The van der Waals surface area contributed by atoms with E-state index in [-0.39, 0.29) is 11.9 Å². The van der Waals surface area contributed by atoms with Crippen molar-refractivity contribution in [2.24, 2.45) is 5.73 Å². The number of rotatable bonds is 1. The van der Waals surface area contributed by atoms with Gasteiger partial charge in [-0.3, -0.25) is 4.98 Å². The standard InChI is InChI=1S/C14H13FN2/c15-10-3-1-9(2-4-10)13-7-5-11-12(16)6-8-14(11)17-13/h1-5,7,12H,6,8,16H2. The van der Waals surface area contributed by atoms with Crippen molar-refractivity contribution in [2.45, 2.75) is 18.9 Å². The molecular weight excluding hydrogens is 215 g/mol. The first-order valence-corrected chi connectivity index (χ1v) is 5.75. The summed E-state index contributed by atoms with van der Waals surface area (Å²) in [6.45, 7) is 0. The van der Waals surface area contributed by atoms with E-state index in [1.54, 1.807) is 12.1 Å². The van der Waals surface area contributed by atoms with Crippen molar-refractivity contribution in [1.82, 2.24) is 4.98 Å². The fraction of sp³-hybridized carbons (Fsp3) is 0.214. The number of fused-ring (bicyclic) bond motifs is 1. The van der Waals surface area contributed by atoms with Gasteiger partial charge in [-0.1, -0.05) is 6.07 Å². The SMILES string of the molecule is NC1CCc2nc(-c3ccc(F)cc3)ccc21. The molecule has 2 N–H and O–H groups in total. The summed E-state index contributed by atoms with van der Waals surface area (Å²) in [6.07, 6.45) is 1.90. The second kappa shape index (κ2) is 3.93. The molecule has 17 heavy (non-hydrogen) atoms. The van der Waals surface area contributed by atoms with Crippen molar-refractivity contribution in [3.63, 3.8) is 0 Å². The van der Waals surface area contributed by atoms with Crippen LogP contribution in [0.25, 0.3) is 11.3 Å². The maximum Gasteiger partial charge on any atom is 0.123 e. The molecule has 1 heterocycles. The number of nitrogens with zero attached hydrogens (tertiary/aromatic N) is 1. The molecular formula is C14H13FN2. The average Bonchev–Trinajstić information content (AvgIpc) is 2.72. The molecule has 1 aliphatic carbocycles. The Morgan fingerprint density at radius 1 is 1.12 bits per heavy atom. The quantitative estimate of drug-likeness (QED) is 0.815. The Hall–Kier alpha value is -1.74. The zero-order valence-corrected chi connectivity index (χ0v) is 9.36. The molecule has 0 amide bonds. The molecule has 0 aliphatic heterocycles. The smallest absolute Gasteiger partial charge is 0.123 e. The predicted octanol–water partition coefficient (Wildman–Crippen LogP) is 2.83. The van der Waals surface area contributed by atoms with Crippen molar-refractivity contribution in [3.8, 4) is 11.3 Å². The summed E-state index contributed by atoms with van der Waals surface area (Å²) >= 11 is 0. The van der Waals surface area contributed by atoms with Crippen LogP contribution in [0.4, 0.5) is 4.39 Å². The highest BCUT2D eigenvalue weighted by molar-refractivity contribution is 5.60. The highest BCUT2D eigenvalue weighted by Crippen LogP contribution is 2.30. The van der Waals surface area contributed by atoms with E-state index in [0.717, 1.165) is 35.4 Å². The molecule has 0 bridgehead atoms. The fourth-order valence-corrected chi connectivity index (χ4v) is 2.28. The van der Waals surface area contributed by atoms with Crippen LogP contribution >= 0.6 is 0 Å². The minimum absolute atomic E-state index is 0.125. The van der Waals surface area contributed by atoms with Gasteiger partial charge in [0.05, 0.1) is 5.69 Å². The van der Waals surface area contributed by atoms with Crippen LogP contribution < -0.4 is 5.73 Å². The lowest BCUT2D eigenvalue weighted by Gasteiger charge is -2.06. The van der Waals surface area contributed by atoms with Crippen molar-refractivity contribution in [1.29, 1.82) is 0 Å². The van der Waals surface area contributed by atoms with E-state index in [2.05, 4.69) is 4.98 Å². The third kappa shape index (κ3) is 1.83. The number of hydrogen-bond donors (Lipinski definition) is 1. The second-order valence-corrected chi connectivity index (χ2v) is 4.38. The molecule has 0 spiro atoms. The molecule has 3 heteroatoms. The van der Waals surface area contributed by atoms with Gasteiger partial charge in [0.1, 0.15) is 5.82 Å². The molecule has 1 unspecified atom stereocenters. The van der Waals surface area contributed by atoms with Gasteiger partial charge >= 0.3 is 0 Å². The average molecular weight is 228 g/mol. The Balaban J connectivity index is 2.02. The first-order valence-electron chi connectivity index (χ1n) is 5.75. The normalized spacial score (nSPS) is 18.1. The molecule has 0 saturated carbocycles. The van der Waals surface area contributed by atoms with E-state index in [4.69, 9.17) is 5.73 Å². The van der Waals surface area contributed by atoms with Crippen molar-refractivity contribution in [3.05, 3.63) is 53.5 Å². The maximum atomic E-state index is 12.8. The van der Waals surface area contributed by atoms with E-state index >= 15 is 0 Å². The van der Waals surface area contributed by atoms with E-state index in [1.165, 1.54) is 12.1 Å². The molecule has 1 aromatic heterocycles. The van der Waals surface area contributed by atoms with Crippen LogP contribution in [-0.2, 0) is 6.42 Å². The lowest BCUT2D eigenvalue weighted by molar-refractivity contribution is 0.628. The topological polar surface area (TPSA) is 38.9 Å². The Morgan fingerprint density at radius 2 is 1.88 bits per heavy atom. The van der Waals surface area contributed by atoms with Crippen LogP contribution in [0.3, 0.4) is 0 Å². The lowest BCUT2D eigenvalue weighted by atomic mass is 10.1. The summed E-state index contributed by atoms with van der Waals surface area (Å²) in [7, 11) is 0.